The summed E-state index contributed by atoms with van der Waals surface area (Å²) in [6.07, 6.45) is 2.09. The minimum atomic E-state index is 0.172. The van der Waals surface area contributed by atoms with Gasteiger partial charge in [0.05, 0.1) is 0 Å². The predicted molar refractivity (Wildman–Crippen MR) is 137 cm³/mol. The van der Waals surface area contributed by atoms with Crippen molar-refractivity contribution < 1.29 is 4.79 Å². The average Bonchev–Trinajstić information content (AvgIpc) is 2.79. The van der Waals surface area contributed by atoms with E-state index in [1.165, 1.54) is 11.1 Å². The van der Waals surface area contributed by atoms with Gasteiger partial charge in [-0.15, -0.1) is 0 Å². The summed E-state index contributed by atoms with van der Waals surface area (Å²) in [4.78, 5) is 20.7. The lowest BCUT2D eigenvalue weighted by molar-refractivity contribution is -0.0278. The second kappa shape index (κ2) is 9.60. The predicted octanol–water partition coefficient (Wildman–Crippen LogP) is 5.37. The molecule has 0 radical (unpaired) electrons. The van der Waals surface area contributed by atoms with Crippen LogP contribution in [0.25, 0.3) is 0 Å². The van der Waals surface area contributed by atoms with E-state index in [-0.39, 0.29) is 11.4 Å². The van der Waals surface area contributed by atoms with Crippen molar-refractivity contribution in [2.75, 3.05) is 32.7 Å². The van der Waals surface area contributed by atoms with Gasteiger partial charge >= 0.3 is 0 Å². The molecule has 0 saturated carbocycles. The van der Waals surface area contributed by atoms with Crippen LogP contribution in [0, 0.1) is 20.8 Å². The number of likely N-dealkylation sites (tertiary alicyclic amines) is 1. The molecule has 4 nitrogen and oxygen atoms in total. The Morgan fingerprint density at radius 1 is 0.939 bits per heavy atom. The standard InChI is InChI=1S/C29H41N3O/c1-21-10-12-26(13-11-21)25(5)32-19-18-31(20-24(32)4)29(6)14-16-30(17-15-29)28(33)27-22(2)8-7-9-23(27)3/h7-13,24-25H,14-20H2,1-6H3/t24-,25-/m0/s1/i28-1. The van der Waals surface area contributed by atoms with Crippen LogP contribution in [0.1, 0.15) is 72.3 Å². The number of hydrogen-bond donors (Lipinski definition) is 0. The number of amides is 1. The largest absolute Gasteiger partial charge is 0.338 e. The molecule has 0 aliphatic carbocycles. The number of piperazine rings is 1. The number of piperidine rings is 1. The normalized spacial score (nSPS) is 22.8. The van der Waals surface area contributed by atoms with Gasteiger partial charge in [0.15, 0.2) is 0 Å². The van der Waals surface area contributed by atoms with E-state index < -0.39 is 0 Å². The van der Waals surface area contributed by atoms with Gasteiger partial charge in [0.1, 0.15) is 0 Å². The van der Waals surface area contributed by atoms with Crippen molar-refractivity contribution in [1.29, 1.82) is 0 Å². The number of nitrogens with zero attached hydrogens (tertiary/aromatic N) is 3. The Kier molecular flexibility index (Phi) is 6.97. The zero-order valence-electron chi connectivity index (χ0n) is 21.4. The summed E-state index contributed by atoms with van der Waals surface area (Å²) in [5.74, 6) is 0.206. The number of carbonyl (C=O) groups excluding carboxylic acids is 1. The molecule has 2 saturated heterocycles. The zero-order valence-corrected chi connectivity index (χ0v) is 21.4. The fourth-order valence-electron chi connectivity index (χ4n) is 5.89. The lowest BCUT2D eigenvalue weighted by Gasteiger charge is -2.52. The Morgan fingerprint density at radius 2 is 1.55 bits per heavy atom. The van der Waals surface area contributed by atoms with Crippen molar-refractivity contribution in [3.8, 4) is 0 Å². The average molecular weight is 447 g/mol. The van der Waals surface area contributed by atoms with Crippen molar-refractivity contribution in [3.63, 3.8) is 0 Å². The first-order chi connectivity index (χ1) is 15.7. The summed E-state index contributed by atoms with van der Waals surface area (Å²) in [5.41, 5.74) is 5.96. The molecule has 0 unspecified atom stereocenters. The summed E-state index contributed by atoms with van der Waals surface area (Å²) >= 11 is 0. The van der Waals surface area contributed by atoms with Crippen LogP contribution in [0.15, 0.2) is 42.5 Å². The molecule has 2 aliphatic rings. The van der Waals surface area contributed by atoms with E-state index in [2.05, 4.69) is 66.7 Å². The van der Waals surface area contributed by atoms with Gasteiger partial charge in [-0.1, -0.05) is 48.0 Å². The van der Waals surface area contributed by atoms with E-state index >= 15 is 0 Å². The Hall–Kier alpha value is -2.17. The van der Waals surface area contributed by atoms with Crippen LogP contribution in [0.2, 0.25) is 0 Å². The van der Waals surface area contributed by atoms with Crippen molar-refractivity contribution >= 4 is 5.91 Å². The number of carbonyl (C=O) groups is 1. The molecule has 0 spiro atoms. The highest BCUT2D eigenvalue weighted by atomic mass is 16.1. The topological polar surface area (TPSA) is 26.8 Å². The summed E-state index contributed by atoms with van der Waals surface area (Å²) in [6.45, 7) is 18.4. The van der Waals surface area contributed by atoms with Gasteiger partial charge in [-0.2, -0.15) is 0 Å². The third-order valence-corrected chi connectivity index (χ3v) is 8.32. The second-order valence-electron chi connectivity index (χ2n) is 10.7. The summed E-state index contributed by atoms with van der Waals surface area (Å²) in [6, 6.07) is 16.1. The SMILES string of the molecule is Cc1ccc([C@H](C)N2CCN(C3(C)CCN([11C](=O)c4c(C)cccc4C)CC3)C[C@@H]2C)cc1. The molecule has 2 atom stereocenters. The first-order valence-corrected chi connectivity index (χ1v) is 12.6. The van der Waals surface area contributed by atoms with Gasteiger partial charge in [0, 0.05) is 55.9 Å². The maximum absolute atomic E-state index is 13.3. The van der Waals surface area contributed by atoms with Crippen molar-refractivity contribution in [2.45, 2.75) is 72.0 Å². The number of aryl methyl sites for hydroxylation is 3. The molecule has 0 bridgehead atoms. The fraction of sp³-hybridized carbons (Fsp3) is 0.552. The molecular formula is C29H41N3O. The third kappa shape index (κ3) is 4.88. The second-order valence-corrected chi connectivity index (χ2v) is 10.7. The van der Waals surface area contributed by atoms with Gasteiger partial charge in [-0.05, 0) is 71.1 Å². The van der Waals surface area contributed by atoms with Crippen LogP contribution < -0.4 is 0 Å². The van der Waals surface area contributed by atoms with Crippen LogP contribution in [0.5, 0.6) is 0 Å². The molecular weight excluding hydrogens is 405 g/mol. The Bertz CT molecular complexity index is 955. The Morgan fingerprint density at radius 3 is 2.12 bits per heavy atom. The molecule has 0 aromatic heterocycles. The van der Waals surface area contributed by atoms with E-state index in [9.17, 15) is 4.79 Å². The number of benzene rings is 2. The van der Waals surface area contributed by atoms with E-state index in [4.69, 9.17) is 0 Å². The van der Waals surface area contributed by atoms with E-state index in [0.29, 0.717) is 12.1 Å². The zero-order chi connectivity index (χ0) is 23.8. The number of hydrogen-bond acceptors (Lipinski definition) is 3. The summed E-state index contributed by atoms with van der Waals surface area (Å²) in [5, 5.41) is 0. The lowest BCUT2D eigenvalue weighted by Crippen LogP contribution is -2.62. The molecule has 1 amide bonds. The van der Waals surface area contributed by atoms with Crippen LogP contribution in [-0.4, -0.2) is 64.9 Å². The first-order valence-electron chi connectivity index (χ1n) is 12.6. The highest BCUT2D eigenvalue weighted by molar-refractivity contribution is 5.97. The van der Waals surface area contributed by atoms with Crippen LogP contribution in [0.4, 0.5) is 0 Å². The highest BCUT2D eigenvalue weighted by Gasteiger charge is 2.40. The van der Waals surface area contributed by atoms with E-state index in [1.807, 2.05) is 32.0 Å². The van der Waals surface area contributed by atoms with Gasteiger partial charge in [0.25, 0.3) is 5.91 Å². The van der Waals surface area contributed by atoms with Crippen molar-refractivity contribution in [1.82, 2.24) is 14.7 Å². The van der Waals surface area contributed by atoms with E-state index in [1.54, 1.807) is 0 Å². The molecule has 2 aromatic rings. The molecule has 4 rings (SSSR count). The molecule has 4 heteroatoms. The first kappa shape index (κ1) is 24.0. The minimum absolute atomic E-state index is 0.172. The van der Waals surface area contributed by atoms with Crippen LogP contribution in [0.3, 0.4) is 0 Å². The maximum atomic E-state index is 13.3. The number of rotatable bonds is 4. The van der Waals surface area contributed by atoms with Gasteiger partial charge in [0.2, 0.25) is 0 Å². The highest BCUT2D eigenvalue weighted by Crippen LogP contribution is 2.34. The van der Waals surface area contributed by atoms with Gasteiger partial charge in [-0.25, -0.2) is 0 Å². The Labute approximate surface area is 200 Å². The van der Waals surface area contributed by atoms with Crippen LogP contribution >= 0.6 is 0 Å². The fourth-order valence-corrected chi connectivity index (χ4v) is 5.89. The molecule has 2 aliphatic heterocycles. The summed E-state index contributed by atoms with van der Waals surface area (Å²) in [7, 11) is 0. The third-order valence-electron chi connectivity index (χ3n) is 8.32. The summed E-state index contributed by atoms with van der Waals surface area (Å²) < 4.78 is 0. The molecule has 2 aromatic carbocycles. The molecule has 178 valence electrons. The van der Waals surface area contributed by atoms with Crippen molar-refractivity contribution in [2.24, 2.45) is 0 Å². The minimum Gasteiger partial charge on any atom is -0.338 e. The molecule has 2 fully saturated rings. The molecule has 33 heavy (non-hydrogen) atoms. The molecule has 2 heterocycles. The monoisotopic (exact) mass is 446 g/mol. The van der Waals surface area contributed by atoms with Crippen molar-refractivity contribution in [3.05, 3.63) is 70.3 Å². The maximum Gasteiger partial charge on any atom is 0.254 e. The van der Waals surface area contributed by atoms with Crippen LogP contribution in [-0.2, 0) is 0 Å². The lowest BCUT2D eigenvalue weighted by atomic mass is 9.76. The Balaban J connectivity index is 1.37. The smallest absolute Gasteiger partial charge is 0.254 e. The van der Waals surface area contributed by atoms with E-state index in [0.717, 1.165) is 62.3 Å². The quantitative estimate of drug-likeness (QED) is 0.631. The van der Waals surface area contributed by atoms with Gasteiger partial charge in [-0.3, -0.25) is 14.6 Å². The van der Waals surface area contributed by atoms with Gasteiger partial charge < -0.3 is 4.90 Å². The molecule has 0 N–H and O–H groups in total.